The Labute approximate surface area is 114 Å². The highest BCUT2D eigenvalue weighted by molar-refractivity contribution is 5.85. The van der Waals surface area contributed by atoms with Crippen LogP contribution in [0.25, 0.3) is 16.9 Å². The van der Waals surface area contributed by atoms with Gasteiger partial charge in [0.1, 0.15) is 6.33 Å². The van der Waals surface area contributed by atoms with E-state index >= 15 is 0 Å². The third-order valence-corrected chi connectivity index (χ3v) is 3.28. The first-order valence-electron chi connectivity index (χ1n) is 6.08. The molecule has 0 bridgehead atoms. The van der Waals surface area contributed by atoms with Crippen LogP contribution in [0.15, 0.2) is 30.6 Å². The van der Waals surface area contributed by atoms with E-state index in [1.54, 1.807) is 17.0 Å². The van der Waals surface area contributed by atoms with E-state index in [4.69, 9.17) is 5.11 Å². The fraction of sp³-hybridized carbons (Fsp3) is 0.143. The Kier molecular flexibility index (Phi) is 2.71. The lowest BCUT2D eigenvalue weighted by atomic mass is 10.1. The van der Waals surface area contributed by atoms with E-state index in [0.717, 1.165) is 16.6 Å². The van der Waals surface area contributed by atoms with E-state index < -0.39 is 5.97 Å². The minimum absolute atomic E-state index is 0.0785. The summed E-state index contributed by atoms with van der Waals surface area (Å²) in [5.41, 5.74) is 4.05. The predicted molar refractivity (Wildman–Crippen MR) is 73.1 cm³/mol. The van der Waals surface area contributed by atoms with Crippen molar-refractivity contribution in [1.82, 2.24) is 19.7 Å². The number of aromatic carboxylic acids is 1. The standard InChI is InChI=1S/C14H12N4O2/c1-8-5-11-12(6-9(8)2)18(7-15-11)13-4-3-10(14(19)20)16-17-13/h3-7H,1-2H3,(H,19,20). The van der Waals surface area contributed by atoms with Crippen LogP contribution in [0.4, 0.5) is 0 Å². The van der Waals surface area contributed by atoms with Gasteiger partial charge in [0.2, 0.25) is 0 Å². The maximum atomic E-state index is 10.8. The molecule has 0 saturated carbocycles. The molecule has 0 radical (unpaired) electrons. The van der Waals surface area contributed by atoms with Gasteiger partial charge < -0.3 is 5.11 Å². The zero-order valence-electron chi connectivity index (χ0n) is 11.0. The number of hydrogen-bond donors (Lipinski definition) is 1. The second kappa shape index (κ2) is 4.41. The van der Waals surface area contributed by atoms with Gasteiger partial charge in [0.15, 0.2) is 11.5 Å². The molecule has 2 aromatic heterocycles. The highest BCUT2D eigenvalue weighted by Crippen LogP contribution is 2.20. The molecule has 0 aliphatic carbocycles. The van der Waals surface area contributed by atoms with E-state index in [0.29, 0.717) is 5.82 Å². The van der Waals surface area contributed by atoms with Crippen molar-refractivity contribution in [2.24, 2.45) is 0 Å². The minimum atomic E-state index is -1.09. The van der Waals surface area contributed by atoms with Crippen LogP contribution in [0.5, 0.6) is 0 Å². The molecule has 0 amide bonds. The first-order valence-corrected chi connectivity index (χ1v) is 6.08. The Hall–Kier alpha value is -2.76. The fourth-order valence-corrected chi connectivity index (χ4v) is 2.01. The normalized spacial score (nSPS) is 10.9. The molecule has 3 rings (SSSR count). The lowest BCUT2D eigenvalue weighted by molar-refractivity contribution is 0.0689. The summed E-state index contributed by atoms with van der Waals surface area (Å²) in [6, 6.07) is 7.09. The number of carboxylic acids is 1. The fourth-order valence-electron chi connectivity index (χ4n) is 2.01. The maximum Gasteiger partial charge on any atom is 0.356 e. The molecule has 100 valence electrons. The van der Waals surface area contributed by atoms with Crippen molar-refractivity contribution >= 4 is 17.0 Å². The quantitative estimate of drug-likeness (QED) is 0.770. The van der Waals surface area contributed by atoms with Crippen molar-refractivity contribution < 1.29 is 9.90 Å². The largest absolute Gasteiger partial charge is 0.476 e. The Balaban J connectivity index is 2.14. The smallest absolute Gasteiger partial charge is 0.356 e. The first-order chi connectivity index (χ1) is 9.56. The first kappa shape index (κ1) is 12.3. The Morgan fingerprint density at radius 3 is 2.55 bits per heavy atom. The molecule has 1 N–H and O–H groups in total. The van der Waals surface area contributed by atoms with Gasteiger partial charge in [-0.15, -0.1) is 10.2 Å². The van der Waals surface area contributed by atoms with Crippen LogP contribution in [0.3, 0.4) is 0 Å². The Morgan fingerprint density at radius 1 is 1.15 bits per heavy atom. The number of aromatic nitrogens is 4. The van der Waals surface area contributed by atoms with Crippen LogP contribution in [-0.2, 0) is 0 Å². The van der Waals surface area contributed by atoms with Gasteiger partial charge in [-0.25, -0.2) is 9.78 Å². The van der Waals surface area contributed by atoms with Gasteiger partial charge in [-0.3, -0.25) is 4.57 Å². The molecule has 20 heavy (non-hydrogen) atoms. The zero-order valence-corrected chi connectivity index (χ0v) is 11.0. The summed E-state index contributed by atoms with van der Waals surface area (Å²) >= 11 is 0. The van der Waals surface area contributed by atoms with Gasteiger partial charge in [-0.2, -0.15) is 0 Å². The summed E-state index contributed by atoms with van der Waals surface area (Å²) < 4.78 is 1.79. The van der Waals surface area contributed by atoms with Crippen LogP contribution >= 0.6 is 0 Å². The number of nitrogens with zero attached hydrogens (tertiary/aromatic N) is 4. The lowest BCUT2D eigenvalue weighted by Crippen LogP contribution is -2.05. The third-order valence-electron chi connectivity index (χ3n) is 3.28. The number of benzene rings is 1. The van der Waals surface area contributed by atoms with E-state index in [1.165, 1.54) is 11.6 Å². The van der Waals surface area contributed by atoms with E-state index in [9.17, 15) is 4.79 Å². The number of aryl methyl sites for hydroxylation is 2. The van der Waals surface area contributed by atoms with Gasteiger partial charge >= 0.3 is 5.97 Å². The zero-order chi connectivity index (χ0) is 14.3. The van der Waals surface area contributed by atoms with Gasteiger partial charge in [-0.05, 0) is 49.2 Å². The molecule has 0 spiro atoms. The van der Waals surface area contributed by atoms with Gasteiger partial charge in [0.05, 0.1) is 11.0 Å². The number of imidazole rings is 1. The number of carbonyl (C=O) groups is 1. The molecule has 3 aromatic rings. The number of carboxylic acid groups (broad SMARTS) is 1. The number of fused-ring (bicyclic) bond motifs is 1. The second-order valence-corrected chi connectivity index (χ2v) is 4.62. The topological polar surface area (TPSA) is 80.9 Å². The molecule has 0 saturated heterocycles. The Morgan fingerprint density at radius 2 is 1.90 bits per heavy atom. The molecule has 2 heterocycles. The van der Waals surface area contributed by atoms with Crippen molar-refractivity contribution in [1.29, 1.82) is 0 Å². The Bertz CT molecular complexity index is 806. The molecule has 0 aliphatic rings. The SMILES string of the molecule is Cc1cc2ncn(-c3ccc(C(=O)O)nn3)c2cc1C. The third kappa shape index (κ3) is 1.91. The van der Waals surface area contributed by atoms with Crippen molar-refractivity contribution in [3.63, 3.8) is 0 Å². The highest BCUT2D eigenvalue weighted by atomic mass is 16.4. The molecule has 0 atom stereocenters. The van der Waals surface area contributed by atoms with Crippen molar-refractivity contribution in [3.8, 4) is 5.82 Å². The van der Waals surface area contributed by atoms with Crippen LogP contribution in [0.1, 0.15) is 21.6 Å². The summed E-state index contributed by atoms with van der Waals surface area (Å²) in [5, 5.41) is 16.4. The monoisotopic (exact) mass is 268 g/mol. The van der Waals surface area contributed by atoms with Gasteiger partial charge in [-0.1, -0.05) is 0 Å². The van der Waals surface area contributed by atoms with E-state index in [1.807, 2.05) is 26.0 Å². The summed E-state index contributed by atoms with van der Waals surface area (Å²) in [6.07, 6.45) is 1.66. The molecule has 0 fully saturated rings. The van der Waals surface area contributed by atoms with Crippen LogP contribution in [0.2, 0.25) is 0 Å². The molecule has 0 aliphatic heterocycles. The van der Waals surface area contributed by atoms with Crippen molar-refractivity contribution in [2.45, 2.75) is 13.8 Å². The van der Waals surface area contributed by atoms with Crippen molar-refractivity contribution in [2.75, 3.05) is 0 Å². The van der Waals surface area contributed by atoms with E-state index in [2.05, 4.69) is 15.2 Å². The van der Waals surface area contributed by atoms with Gasteiger partial charge in [0.25, 0.3) is 0 Å². The minimum Gasteiger partial charge on any atom is -0.476 e. The van der Waals surface area contributed by atoms with Gasteiger partial charge in [0, 0.05) is 0 Å². The number of hydrogen-bond acceptors (Lipinski definition) is 4. The molecular formula is C14H12N4O2. The maximum absolute atomic E-state index is 10.8. The average molecular weight is 268 g/mol. The van der Waals surface area contributed by atoms with Crippen LogP contribution in [0, 0.1) is 13.8 Å². The van der Waals surface area contributed by atoms with E-state index in [-0.39, 0.29) is 5.69 Å². The lowest BCUT2D eigenvalue weighted by Gasteiger charge is -2.04. The second-order valence-electron chi connectivity index (χ2n) is 4.62. The average Bonchev–Trinajstić information content (AvgIpc) is 2.82. The summed E-state index contributed by atoms with van der Waals surface area (Å²) in [4.78, 5) is 15.1. The van der Waals surface area contributed by atoms with Crippen LogP contribution < -0.4 is 0 Å². The number of rotatable bonds is 2. The molecule has 6 heteroatoms. The summed E-state index contributed by atoms with van der Waals surface area (Å²) in [7, 11) is 0. The molecule has 1 aromatic carbocycles. The molecule has 6 nitrogen and oxygen atoms in total. The summed E-state index contributed by atoms with van der Waals surface area (Å²) in [6.45, 7) is 4.07. The molecule has 0 unspecified atom stereocenters. The van der Waals surface area contributed by atoms with Crippen LogP contribution in [-0.4, -0.2) is 30.8 Å². The predicted octanol–water partition coefficient (Wildman–Crippen LogP) is 2.13. The molecular weight excluding hydrogens is 256 g/mol. The summed E-state index contributed by atoms with van der Waals surface area (Å²) in [5.74, 6) is -0.549. The highest BCUT2D eigenvalue weighted by Gasteiger charge is 2.10. The van der Waals surface area contributed by atoms with Crippen molar-refractivity contribution in [3.05, 3.63) is 47.4 Å².